The van der Waals surface area contributed by atoms with Crippen LogP contribution in [0.25, 0.3) is 84.1 Å². The number of anilines is 3. The van der Waals surface area contributed by atoms with Crippen LogP contribution in [0, 0.1) is 0 Å². The van der Waals surface area contributed by atoms with Gasteiger partial charge in [0.2, 0.25) is 0 Å². The highest BCUT2D eigenvalue weighted by Crippen LogP contribution is 2.48. The smallest absolute Gasteiger partial charge is 0.0640 e. The first-order valence-electron chi connectivity index (χ1n) is 18.0. The lowest BCUT2D eigenvalue weighted by Crippen LogP contribution is -2.10. The Morgan fingerprint density at radius 2 is 0.962 bits per heavy atom. The highest BCUT2D eigenvalue weighted by atomic mass is 32.1. The lowest BCUT2D eigenvalue weighted by atomic mass is 9.97. The van der Waals surface area contributed by atoms with Gasteiger partial charge < -0.3 is 4.90 Å². The van der Waals surface area contributed by atoms with Crippen LogP contribution in [0.1, 0.15) is 0 Å². The summed E-state index contributed by atoms with van der Waals surface area (Å²) in [7, 11) is 0. The third-order valence-electron chi connectivity index (χ3n) is 10.7. The molecular weight excluding hydrogens is 679 g/mol. The maximum absolute atomic E-state index is 2.46. The molecule has 0 atom stereocenters. The highest BCUT2D eigenvalue weighted by Gasteiger charge is 2.20. The zero-order chi connectivity index (χ0) is 34.9. The molecule has 2 aromatic heterocycles. The summed E-state index contributed by atoms with van der Waals surface area (Å²) in [5.74, 6) is 0. The van der Waals surface area contributed by atoms with E-state index in [1.54, 1.807) is 0 Å². The molecule has 0 bridgehead atoms. The van der Waals surface area contributed by atoms with Gasteiger partial charge in [-0.25, -0.2) is 0 Å². The lowest BCUT2D eigenvalue weighted by molar-refractivity contribution is 1.31. The number of hydrogen-bond acceptors (Lipinski definition) is 3. The molecule has 0 unspecified atom stereocenters. The minimum atomic E-state index is 1.13. The van der Waals surface area contributed by atoms with Gasteiger partial charge in [0.25, 0.3) is 0 Å². The second-order valence-electron chi connectivity index (χ2n) is 13.7. The molecule has 0 saturated carbocycles. The summed E-state index contributed by atoms with van der Waals surface area (Å²) in [5.41, 5.74) is 8.42. The SMILES string of the molecule is c1ccc(-c2cccc3c2sc2c(N(c4ccc(-c5ccc6ccc7ccccc7c6c5)cc4)c4ccc5sc6ccccc6c5c4)cccc23)cc1. The summed E-state index contributed by atoms with van der Waals surface area (Å²) in [6, 6.07) is 69.2. The summed E-state index contributed by atoms with van der Waals surface area (Å²) >= 11 is 3.76. The second-order valence-corrected chi connectivity index (χ2v) is 15.8. The van der Waals surface area contributed by atoms with Crippen LogP contribution in [0.5, 0.6) is 0 Å². The van der Waals surface area contributed by atoms with E-state index in [0.717, 1.165) is 11.4 Å². The number of thiophene rings is 2. The molecule has 0 spiro atoms. The van der Waals surface area contributed by atoms with Crippen LogP contribution in [0.3, 0.4) is 0 Å². The summed E-state index contributed by atoms with van der Waals surface area (Å²) in [5, 5.41) is 10.3. The summed E-state index contributed by atoms with van der Waals surface area (Å²) in [6.45, 7) is 0. The zero-order valence-corrected chi connectivity index (χ0v) is 30.3. The maximum atomic E-state index is 2.46. The number of hydrogen-bond donors (Lipinski definition) is 0. The molecule has 248 valence electrons. The number of fused-ring (bicyclic) bond motifs is 9. The van der Waals surface area contributed by atoms with E-state index in [1.807, 2.05) is 22.7 Å². The maximum Gasteiger partial charge on any atom is 0.0640 e. The van der Waals surface area contributed by atoms with Crippen molar-refractivity contribution in [3.05, 3.63) is 188 Å². The Bertz CT molecular complexity index is 3170. The molecule has 11 aromatic rings. The highest BCUT2D eigenvalue weighted by molar-refractivity contribution is 7.27. The van der Waals surface area contributed by atoms with Gasteiger partial charge in [-0.05, 0) is 92.3 Å². The van der Waals surface area contributed by atoms with Crippen molar-refractivity contribution in [2.45, 2.75) is 0 Å². The molecule has 0 N–H and O–H groups in total. The van der Waals surface area contributed by atoms with Crippen LogP contribution in [0.15, 0.2) is 188 Å². The van der Waals surface area contributed by atoms with Crippen molar-refractivity contribution < 1.29 is 0 Å². The van der Waals surface area contributed by atoms with Crippen LogP contribution in [-0.4, -0.2) is 0 Å². The normalized spacial score (nSPS) is 11.8. The molecule has 53 heavy (non-hydrogen) atoms. The monoisotopic (exact) mass is 709 g/mol. The molecular formula is C50H31NS2. The van der Waals surface area contributed by atoms with Gasteiger partial charge in [-0.3, -0.25) is 0 Å². The van der Waals surface area contributed by atoms with Gasteiger partial charge in [0.05, 0.1) is 10.4 Å². The third kappa shape index (κ3) is 4.97. The van der Waals surface area contributed by atoms with Crippen molar-refractivity contribution in [1.29, 1.82) is 0 Å². The first-order chi connectivity index (χ1) is 26.3. The van der Waals surface area contributed by atoms with E-state index in [9.17, 15) is 0 Å². The molecule has 0 amide bonds. The van der Waals surface area contributed by atoms with Gasteiger partial charge in [0.1, 0.15) is 0 Å². The number of rotatable bonds is 5. The predicted octanol–water partition coefficient (Wildman–Crippen LogP) is 15.5. The molecule has 0 fully saturated rings. The van der Waals surface area contributed by atoms with Crippen molar-refractivity contribution in [2.75, 3.05) is 4.90 Å². The Balaban J connectivity index is 1.10. The molecule has 0 aliphatic rings. The first kappa shape index (κ1) is 30.4. The van der Waals surface area contributed by atoms with E-state index in [2.05, 4.69) is 193 Å². The van der Waals surface area contributed by atoms with Crippen LogP contribution < -0.4 is 4.90 Å². The fraction of sp³-hybridized carbons (Fsp3) is 0. The van der Waals surface area contributed by atoms with Gasteiger partial charge in [-0.2, -0.15) is 0 Å². The van der Waals surface area contributed by atoms with Gasteiger partial charge in [-0.15, -0.1) is 22.7 Å². The van der Waals surface area contributed by atoms with E-state index in [0.29, 0.717) is 0 Å². The van der Waals surface area contributed by atoms with Crippen molar-refractivity contribution in [3.63, 3.8) is 0 Å². The predicted molar refractivity (Wildman–Crippen MR) is 233 cm³/mol. The molecule has 0 aliphatic carbocycles. The summed E-state index contributed by atoms with van der Waals surface area (Å²) in [6.07, 6.45) is 0. The Morgan fingerprint density at radius 3 is 1.83 bits per heavy atom. The van der Waals surface area contributed by atoms with E-state index in [1.165, 1.54) is 89.8 Å². The molecule has 3 heteroatoms. The summed E-state index contributed by atoms with van der Waals surface area (Å²) in [4.78, 5) is 2.46. The van der Waals surface area contributed by atoms with Crippen LogP contribution in [0.4, 0.5) is 17.1 Å². The minimum Gasteiger partial charge on any atom is -0.309 e. The summed E-state index contributed by atoms with van der Waals surface area (Å²) < 4.78 is 5.23. The van der Waals surface area contributed by atoms with Crippen LogP contribution >= 0.6 is 22.7 Å². The van der Waals surface area contributed by atoms with Gasteiger partial charge in [0.15, 0.2) is 0 Å². The average Bonchev–Trinajstić information content (AvgIpc) is 3.80. The molecule has 2 heterocycles. The lowest BCUT2D eigenvalue weighted by Gasteiger charge is -2.26. The van der Waals surface area contributed by atoms with Crippen molar-refractivity contribution in [3.8, 4) is 22.3 Å². The van der Waals surface area contributed by atoms with Crippen molar-refractivity contribution in [1.82, 2.24) is 0 Å². The van der Waals surface area contributed by atoms with Crippen LogP contribution in [-0.2, 0) is 0 Å². The Kier molecular flexibility index (Phi) is 6.97. The Morgan fingerprint density at radius 1 is 0.321 bits per heavy atom. The molecule has 1 nitrogen and oxygen atoms in total. The minimum absolute atomic E-state index is 1.13. The van der Waals surface area contributed by atoms with Crippen LogP contribution in [0.2, 0.25) is 0 Å². The quantitative estimate of drug-likeness (QED) is 0.161. The number of benzene rings is 9. The van der Waals surface area contributed by atoms with Crippen molar-refractivity contribution >= 4 is 102 Å². The second kappa shape index (κ2) is 12.2. The molecule has 0 radical (unpaired) electrons. The molecule has 0 aliphatic heterocycles. The molecule has 9 aromatic carbocycles. The van der Waals surface area contributed by atoms with E-state index < -0.39 is 0 Å². The standard InChI is InChI=1S/C50H31NS2/c1-2-10-33(11-3-1)40-15-8-16-42-43-17-9-18-46(50(43)53-49(40)42)51(38-28-29-48-45(31-38)41-14-6-7-19-47(41)52-48)37-26-24-32(25-27-37)36-23-22-35-21-20-34-12-4-5-13-39(34)44(35)30-36/h1-31H. The third-order valence-corrected chi connectivity index (χ3v) is 13.1. The first-order valence-corrected chi connectivity index (χ1v) is 19.6. The Hall–Kier alpha value is -6.26. The van der Waals surface area contributed by atoms with E-state index >= 15 is 0 Å². The van der Waals surface area contributed by atoms with Gasteiger partial charge in [0, 0.05) is 47.0 Å². The fourth-order valence-corrected chi connectivity index (χ4v) is 10.5. The topological polar surface area (TPSA) is 3.24 Å². The van der Waals surface area contributed by atoms with E-state index in [4.69, 9.17) is 0 Å². The Labute approximate surface area is 315 Å². The number of nitrogens with zero attached hydrogens (tertiary/aromatic N) is 1. The van der Waals surface area contributed by atoms with Crippen molar-refractivity contribution in [2.24, 2.45) is 0 Å². The largest absolute Gasteiger partial charge is 0.309 e. The molecule has 0 saturated heterocycles. The average molecular weight is 710 g/mol. The zero-order valence-electron chi connectivity index (χ0n) is 28.7. The van der Waals surface area contributed by atoms with Gasteiger partial charge in [-0.1, -0.05) is 140 Å². The fourth-order valence-electron chi connectivity index (χ4n) is 8.09. The molecule has 11 rings (SSSR count). The van der Waals surface area contributed by atoms with Gasteiger partial charge >= 0.3 is 0 Å². The van der Waals surface area contributed by atoms with E-state index in [-0.39, 0.29) is 0 Å².